The molecule has 0 heterocycles. The van der Waals surface area contributed by atoms with Crippen LogP contribution in [0.5, 0.6) is 0 Å². The van der Waals surface area contributed by atoms with E-state index in [1.54, 1.807) is 12.1 Å². The van der Waals surface area contributed by atoms with Crippen LogP contribution in [0.1, 0.15) is 29.8 Å². The predicted octanol–water partition coefficient (Wildman–Crippen LogP) is 4.10. The topological polar surface area (TPSA) is 20.3 Å². The minimum absolute atomic E-state index is 0.0730. The maximum absolute atomic E-state index is 13.0. The fourth-order valence-corrected chi connectivity index (χ4v) is 2.23. The van der Waals surface area contributed by atoms with E-state index in [0.717, 1.165) is 12.1 Å². The van der Waals surface area contributed by atoms with Gasteiger partial charge in [0.15, 0.2) is 5.78 Å². The molecule has 0 N–H and O–H groups in total. The fraction of sp³-hybridized carbons (Fsp3) is 0.278. The van der Waals surface area contributed by atoms with Gasteiger partial charge in [-0.3, -0.25) is 4.79 Å². The molecule has 2 aromatic rings. The summed E-state index contributed by atoms with van der Waals surface area (Å²) in [6.45, 7) is 5.07. The first-order valence-electron chi connectivity index (χ1n) is 7.26. The molecule has 0 saturated heterocycles. The second kappa shape index (κ2) is 7.02. The third kappa shape index (κ3) is 3.91. The van der Waals surface area contributed by atoms with Crippen LogP contribution in [0.4, 0.5) is 10.1 Å². The lowest BCUT2D eigenvalue weighted by Crippen LogP contribution is -2.29. The van der Waals surface area contributed by atoms with Crippen LogP contribution in [0.25, 0.3) is 0 Å². The molecule has 0 fully saturated rings. The second-order valence-corrected chi connectivity index (χ2v) is 4.96. The van der Waals surface area contributed by atoms with E-state index < -0.39 is 0 Å². The van der Waals surface area contributed by atoms with Crippen LogP contribution in [-0.2, 0) is 6.42 Å². The number of carbonyl (C=O) groups is 1. The molecular weight excluding hydrogens is 265 g/mol. The largest absolute Gasteiger partial charge is 0.364 e. The molecule has 0 atom stereocenters. The zero-order chi connectivity index (χ0) is 15.2. The molecule has 0 aliphatic rings. The summed E-state index contributed by atoms with van der Waals surface area (Å²) in [5, 5.41) is 0. The lowest BCUT2D eigenvalue weighted by Gasteiger charge is -2.22. The minimum Gasteiger partial charge on any atom is -0.364 e. The number of ketones is 1. The first kappa shape index (κ1) is 15.2. The van der Waals surface area contributed by atoms with Gasteiger partial charge in [-0.2, -0.15) is 0 Å². The minimum atomic E-state index is -0.267. The van der Waals surface area contributed by atoms with Crippen molar-refractivity contribution in [2.45, 2.75) is 20.3 Å². The van der Waals surface area contributed by atoms with Gasteiger partial charge in [-0.05, 0) is 43.2 Å². The van der Waals surface area contributed by atoms with E-state index in [4.69, 9.17) is 0 Å². The van der Waals surface area contributed by atoms with Crippen molar-refractivity contribution in [3.05, 3.63) is 65.5 Å². The molecule has 3 heteroatoms. The Morgan fingerprint density at radius 3 is 2.14 bits per heavy atom. The van der Waals surface area contributed by atoms with Crippen LogP contribution in [0.15, 0.2) is 48.5 Å². The van der Waals surface area contributed by atoms with Crippen molar-refractivity contribution in [3.8, 4) is 0 Å². The summed E-state index contributed by atoms with van der Waals surface area (Å²) in [7, 11) is 0. The number of carbonyl (C=O) groups excluding carboxylic acids is 1. The summed E-state index contributed by atoms with van der Waals surface area (Å²) < 4.78 is 13.0. The van der Waals surface area contributed by atoms with E-state index in [0.29, 0.717) is 18.7 Å². The molecule has 21 heavy (non-hydrogen) atoms. The number of hydrogen-bond acceptors (Lipinski definition) is 2. The van der Waals surface area contributed by atoms with Gasteiger partial charge in [-0.1, -0.05) is 31.2 Å². The highest BCUT2D eigenvalue weighted by atomic mass is 19.1. The van der Waals surface area contributed by atoms with Crippen molar-refractivity contribution in [2.75, 3.05) is 18.0 Å². The highest BCUT2D eigenvalue weighted by Gasteiger charge is 2.12. The first-order valence-corrected chi connectivity index (χ1v) is 7.26. The van der Waals surface area contributed by atoms with Gasteiger partial charge in [0.1, 0.15) is 5.82 Å². The molecule has 0 aliphatic heterocycles. The standard InChI is InChI=1S/C18H20FNO/c1-3-14-5-7-15(8-6-14)18(21)13-20(4-2)17-11-9-16(19)10-12-17/h5-12H,3-4,13H2,1-2H3. The van der Waals surface area contributed by atoms with Gasteiger partial charge in [0, 0.05) is 17.8 Å². The average molecular weight is 285 g/mol. The molecule has 0 radical (unpaired) electrons. The van der Waals surface area contributed by atoms with Gasteiger partial charge in [-0.15, -0.1) is 0 Å². The molecule has 0 amide bonds. The van der Waals surface area contributed by atoms with Gasteiger partial charge in [0.25, 0.3) is 0 Å². The maximum atomic E-state index is 13.0. The van der Waals surface area contributed by atoms with Crippen LogP contribution >= 0.6 is 0 Å². The number of aryl methyl sites for hydroxylation is 1. The second-order valence-electron chi connectivity index (χ2n) is 4.96. The quantitative estimate of drug-likeness (QED) is 0.745. The normalized spacial score (nSPS) is 10.4. The predicted molar refractivity (Wildman–Crippen MR) is 84.4 cm³/mol. The van der Waals surface area contributed by atoms with Gasteiger partial charge in [0.05, 0.1) is 6.54 Å². The SMILES string of the molecule is CCc1ccc(C(=O)CN(CC)c2ccc(F)cc2)cc1. The van der Waals surface area contributed by atoms with Crippen molar-refractivity contribution in [3.63, 3.8) is 0 Å². The number of likely N-dealkylation sites (N-methyl/N-ethyl adjacent to an activating group) is 1. The van der Waals surface area contributed by atoms with Gasteiger partial charge in [0.2, 0.25) is 0 Å². The number of Topliss-reactive ketones (excluding diaryl/α,β-unsaturated/α-hetero) is 1. The molecule has 2 nitrogen and oxygen atoms in total. The highest BCUT2D eigenvalue weighted by Crippen LogP contribution is 2.15. The third-order valence-electron chi connectivity index (χ3n) is 3.59. The third-order valence-corrected chi connectivity index (χ3v) is 3.59. The highest BCUT2D eigenvalue weighted by molar-refractivity contribution is 5.99. The molecule has 0 unspecified atom stereocenters. The molecular formula is C18H20FNO. The Bertz CT molecular complexity index is 590. The van der Waals surface area contributed by atoms with Crippen molar-refractivity contribution < 1.29 is 9.18 Å². The smallest absolute Gasteiger partial charge is 0.182 e. The maximum Gasteiger partial charge on any atom is 0.182 e. The van der Waals surface area contributed by atoms with Crippen LogP contribution in [0, 0.1) is 5.82 Å². The summed E-state index contributed by atoms with van der Waals surface area (Å²) >= 11 is 0. The molecule has 0 aliphatic carbocycles. The Balaban J connectivity index is 2.10. The van der Waals surface area contributed by atoms with Gasteiger partial charge >= 0.3 is 0 Å². The van der Waals surface area contributed by atoms with Crippen molar-refractivity contribution >= 4 is 11.5 Å². The van der Waals surface area contributed by atoms with Crippen LogP contribution < -0.4 is 4.90 Å². The van der Waals surface area contributed by atoms with E-state index in [-0.39, 0.29) is 11.6 Å². The van der Waals surface area contributed by atoms with Crippen molar-refractivity contribution in [1.29, 1.82) is 0 Å². The Labute approximate surface area is 125 Å². The van der Waals surface area contributed by atoms with E-state index in [1.807, 2.05) is 36.1 Å². The Kier molecular flexibility index (Phi) is 5.09. The van der Waals surface area contributed by atoms with Gasteiger partial charge in [-0.25, -0.2) is 4.39 Å². The van der Waals surface area contributed by atoms with E-state index in [9.17, 15) is 9.18 Å². The van der Waals surface area contributed by atoms with Crippen LogP contribution in [-0.4, -0.2) is 18.9 Å². The zero-order valence-corrected chi connectivity index (χ0v) is 12.5. The van der Waals surface area contributed by atoms with Gasteiger partial charge < -0.3 is 4.90 Å². The van der Waals surface area contributed by atoms with Crippen LogP contribution in [0.3, 0.4) is 0 Å². The van der Waals surface area contributed by atoms with E-state index in [1.165, 1.54) is 17.7 Å². The molecule has 2 rings (SSSR count). The van der Waals surface area contributed by atoms with E-state index in [2.05, 4.69) is 6.92 Å². The lowest BCUT2D eigenvalue weighted by atomic mass is 10.1. The average Bonchev–Trinajstić information content (AvgIpc) is 2.53. The molecule has 2 aromatic carbocycles. The molecule has 0 aromatic heterocycles. The van der Waals surface area contributed by atoms with Crippen molar-refractivity contribution in [2.24, 2.45) is 0 Å². The number of anilines is 1. The zero-order valence-electron chi connectivity index (χ0n) is 12.5. The Hall–Kier alpha value is -2.16. The number of nitrogens with zero attached hydrogens (tertiary/aromatic N) is 1. The summed E-state index contributed by atoms with van der Waals surface area (Å²) in [6.07, 6.45) is 0.963. The van der Waals surface area contributed by atoms with E-state index >= 15 is 0 Å². The number of halogens is 1. The molecule has 0 bridgehead atoms. The van der Waals surface area contributed by atoms with Crippen molar-refractivity contribution in [1.82, 2.24) is 0 Å². The number of hydrogen-bond donors (Lipinski definition) is 0. The monoisotopic (exact) mass is 285 g/mol. The lowest BCUT2D eigenvalue weighted by molar-refractivity contribution is 0.0999. The Morgan fingerprint density at radius 1 is 1.00 bits per heavy atom. The van der Waals surface area contributed by atoms with Crippen LogP contribution in [0.2, 0.25) is 0 Å². The molecule has 0 spiro atoms. The molecule has 0 saturated carbocycles. The number of rotatable bonds is 6. The summed E-state index contributed by atoms with van der Waals surface area (Å²) in [5.74, 6) is -0.194. The Morgan fingerprint density at radius 2 is 1.62 bits per heavy atom. The number of benzene rings is 2. The summed E-state index contributed by atoms with van der Waals surface area (Å²) in [4.78, 5) is 14.3. The fourth-order valence-electron chi connectivity index (χ4n) is 2.23. The summed E-state index contributed by atoms with van der Waals surface area (Å²) in [5.41, 5.74) is 2.79. The molecule has 110 valence electrons. The summed E-state index contributed by atoms with van der Waals surface area (Å²) in [6, 6.07) is 14.0. The first-order chi connectivity index (χ1) is 10.1.